The van der Waals surface area contributed by atoms with Crippen LogP contribution in [0.25, 0.3) is 0 Å². The predicted molar refractivity (Wildman–Crippen MR) is 120 cm³/mol. The van der Waals surface area contributed by atoms with Crippen molar-refractivity contribution in [1.29, 1.82) is 0 Å². The number of anilines is 1. The van der Waals surface area contributed by atoms with Gasteiger partial charge in [-0.2, -0.15) is 0 Å². The van der Waals surface area contributed by atoms with Gasteiger partial charge in [-0.05, 0) is 69.2 Å². The highest BCUT2D eigenvalue weighted by atomic mass is 35.5. The number of hydrogen-bond acceptors (Lipinski definition) is 4. The number of allylic oxidation sites excluding steroid dienone is 1. The molecule has 0 spiro atoms. The number of carbonyl (C=O) groups excluding carboxylic acids is 1. The molecule has 160 valence electrons. The molecule has 30 heavy (non-hydrogen) atoms. The first-order valence-electron chi connectivity index (χ1n) is 9.81. The van der Waals surface area contributed by atoms with E-state index in [1.165, 1.54) is 12.1 Å². The standard InChI is InChI=1S/C23H26ClNO4S/c1-5-7-21(30(27,28)18-11-9-17(24)10-12-18)16-8-13-19-20(14-16)29-15-23(3,4)22(26)25(19)6-2/h5,8-14,21H,1,6-7,15H2,2-4H3. The Bertz CT molecular complexity index is 1060. The van der Waals surface area contributed by atoms with E-state index in [1.807, 2.05) is 20.8 Å². The van der Waals surface area contributed by atoms with Crippen LogP contribution in [0.1, 0.15) is 38.0 Å². The van der Waals surface area contributed by atoms with Gasteiger partial charge in [-0.25, -0.2) is 8.42 Å². The van der Waals surface area contributed by atoms with Gasteiger partial charge < -0.3 is 9.64 Å². The normalized spacial score (nSPS) is 16.9. The van der Waals surface area contributed by atoms with Gasteiger partial charge >= 0.3 is 0 Å². The number of nitrogens with zero attached hydrogens (tertiary/aromatic N) is 1. The minimum Gasteiger partial charge on any atom is -0.490 e. The summed E-state index contributed by atoms with van der Waals surface area (Å²) < 4.78 is 32.7. The Morgan fingerprint density at radius 1 is 1.23 bits per heavy atom. The second kappa shape index (κ2) is 8.44. The van der Waals surface area contributed by atoms with Gasteiger partial charge in [0, 0.05) is 11.6 Å². The first-order valence-corrected chi connectivity index (χ1v) is 11.7. The van der Waals surface area contributed by atoms with E-state index >= 15 is 0 Å². The molecule has 1 unspecified atom stereocenters. The molecule has 0 N–H and O–H groups in total. The van der Waals surface area contributed by atoms with E-state index in [4.69, 9.17) is 16.3 Å². The van der Waals surface area contributed by atoms with E-state index in [0.29, 0.717) is 28.6 Å². The van der Waals surface area contributed by atoms with Gasteiger partial charge in [-0.15, -0.1) is 6.58 Å². The van der Waals surface area contributed by atoms with E-state index in [9.17, 15) is 13.2 Å². The smallest absolute Gasteiger partial charge is 0.236 e. The number of fused-ring (bicyclic) bond motifs is 1. The van der Waals surface area contributed by atoms with Crippen molar-refractivity contribution in [2.45, 2.75) is 37.3 Å². The summed E-state index contributed by atoms with van der Waals surface area (Å²) in [6, 6.07) is 11.4. The van der Waals surface area contributed by atoms with Crippen LogP contribution in [-0.2, 0) is 14.6 Å². The van der Waals surface area contributed by atoms with Gasteiger partial charge in [0.1, 0.15) is 12.4 Å². The summed E-state index contributed by atoms with van der Waals surface area (Å²) >= 11 is 5.92. The molecule has 0 fully saturated rings. The first-order chi connectivity index (χ1) is 14.1. The van der Waals surface area contributed by atoms with Crippen LogP contribution in [0.15, 0.2) is 60.0 Å². The highest BCUT2D eigenvalue weighted by Crippen LogP contribution is 2.41. The summed E-state index contributed by atoms with van der Waals surface area (Å²) in [5.74, 6) is 0.488. The Morgan fingerprint density at radius 3 is 2.50 bits per heavy atom. The summed E-state index contributed by atoms with van der Waals surface area (Å²) in [6.07, 6.45) is 1.83. The largest absolute Gasteiger partial charge is 0.490 e. The number of benzene rings is 2. The van der Waals surface area contributed by atoms with Crippen molar-refractivity contribution in [3.05, 3.63) is 65.7 Å². The lowest BCUT2D eigenvalue weighted by molar-refractivity contribution is -0.127. The minimum atomic E-state index is -3.69. The maximum absolute atomic E-state index is 13.3. The highest BCUT2D eigenvalue weighted by molar-refractivity contribution is 7.91. The third-order valence-corrected chi connectivity index (χ3v) is 7.67. The quantitative estimate of drug-likeness (QED) is 0.570. The highest BCUT2D eigenvalue weighted by Gasteiger charge is 2.38. The molecule has 1 aliphatic rings. The lowest BCUT2D eigenvalue weighted by Gasteiger charge is -2.27. The van der Waals surface area contributed by atoms with Crippen LogP contribution in [0.4, 0.5) is 5.69 Å². The van der Waals surface area contributed by atoms with Crippen molar-refractivity contribution < 1.29 is 17.9 Å². The molecule has 0 aliphatic carbocycles. The minimum absolute atomic E-state index is 0.0204. The molecule has 5 nitrogen and oxygen atoms in total. The van der Waals surface area contributed by atoms with Gasteiger partial charge in [0.25, 0.3) is 0 Å². The van der Waals surface area contributed by atoms with Crippen molar-refractivity contribution in [2.24, 2.45) is 5.41 Å². The molecule has 0 saturated heterocycles. The molecule has 3 rings (SSSR count). The number of halogens is 1. The van der Waals surface area contributed by atoms with Crippen molar-refractivity contribution >= 4 is 33.0 Å². The van der Waals surface area contributed by atoms with Crippen LogP contribution in [0.5, 0.6) is 5.75 Å². The summed E-state index contributed by atoms with van der Waals surface area (Å²) in [5, 5.41) is -0.355. The number of sulfone groups is 1. The van der Waals surface area contributed by atoms with Gasteiger partial charge in [-0.1, -0.05) is 23.7 Å². The van der Waals surface area contributed by atoms with Crippen LogP contribution in [0.3, 0.4) is 0 Å². The fourth-order valence-corrected chi connectivity index (χ4v) is 5.42. The maximum atomic E-state index is 13.3. The number of hydrogen-bond donors (Lipinski definition) is 0. The molecule has 0 saturated carbocycles. The molecule has 0 radical (unpaired) electrons. The molecular weight excluding hydrogens is 422 g/mol. The maximum Gasteiger partial charge on any atom is 0.236 e. The summed E-state index contributed by atoms with van der Waals surface area (Å²) in [5.41, 5.74) is 0.565. The van der Waals surface area contributed by atoms with Crippen LogP contribution < -0.4 is 9.64 Å². The Morgan fingerprint density at radius 2 is 1.90 bits per heavy atom. The van der Waals surface area contributed by atoms with Gasteiger partial charge in [0.05, 0.1) is 21.2 Å². The van der Waals surface area contributed by atoms with E-state index in [2.05, 4.69) is 6.58 Å². The topological polar surface area (TPSA) is 63.7 Å². The molecule has 7 heteroatoms. The zero-order valence-electron chi connectivity index (χ0n) is 17.4. The van der Waals surface area contributed by atoms with Gasteiger partial charge in [-0.3, -0.25) is 4.79 Å². The lowest BCUT2D eigenvalue weighted by Crippen LogP contribution is -2.42. The van der Waals surface area contributed by atoms with Crippen LogP contribution >= 0.6 is 11.6 Å². The Kier molecular flexibility index (Phi) is 6.29. The van der Waals surface area contributed by atoms with Crippen LogP contribution in [0.2, 0.25) is 5.02 Å². The Labute approximate surface area is 183 Å². The third kappa shape index (κ3) is 4.12. The van der Waals surface area contributed by atoms with E-state index in [-0.39, 0.29) is 23.8 Å². The van der Waals surface area contributed by atoms with Crippen LogP contribution in [0, 0.1) is 5.41 Å². The lowest BCUT2D eigenvalue weighted by atomic mass is 9.93. The average Bonchev–Trinajstić information content (AvgIpc) is 2.80. The molecule has 2 aromatic rings. The molecule has 1 heterocycles. The molecule has 0 aromatic heterocycles. The molecule has 1 atom stereocenters. The third-order valence-electron chi connectivity index (χ3n) is 5.27. The average molecular weight is 448 g/mol. The van der Waals surface area contributed by atoms with E-state index in [0.717, 1.165) is 0 Å². The van der Waals surface area contributed by atoms with Gasteiger partial charge in [0.2, 0.25) is 5.91 Å². The van der Waals surface area contributed by atoms with Crippen molar-refractivity contribution in [2.75, 3.05) is 18.1 Å². The molecular formula is C23H26ClNO4S. The zero-order valence-corrected chi connectivity index (χ0v) is 19.0. The van der Waals surface area contributed by atoms with Gasteiger partial charge in [0.15, 0.2) is 9.84 Å². The monoisotopic (exact) mass is 447 g/mol. The summed E-state index contributed by atoms with van der Waals surface area (Å²) in [4.78, 5) is 14.8. The molecule has 0 bridgehead atoms. The van der Waals surface area contributed by atoms with Crippen molar-refractivity contribution in [3.63, 3.8) is 0 Å². The molecule has 1 aliphatic heterocycles. The van der Waals surface area contributed by atoms with E-state index < -0.39 is 20.5 Å². The molecule has 1 amide bonds. The second-order valence-electron chi connectivity index (χ2n) is 7.96. The number of ether oxygens (including phenoxy) is 1. The Hall–Kier alpha value is -2.31. The zero-order chi connectivity index (χ0) is 22.1. The Balaban J connectivity index is 2.08. The number of carbonyl (C=O) groups is 1. The van der Waals surface area contributed by atoms with Crippen LogP contribution in [-0.4, -0.2) is 27.5 Å². The predicted octanol–water partition coefficient (Wildman–Crippen LogP) is 5.20. The summed E-state index contributed by atoms with van der Waals surface area (Å²) in [7, 11) is -3.69. The second-order valence-corrected chi connectivity index (χ2v) is 10.5. The van der Waals surface area contributed by atoms with E-state index in [1.54, 1.807) is 41.3 Å². The van der Waals surface area contributed by atoms with Crippen molar-refractivity contribution in [3.8, 4) is 5.75 Å². The fraction of sp³-hybridized carbons (Fsp3) is 0.348. The fourth-order valence-electron chi connectivity index (χ4n) is 3.56. The number of rotatable bonds is 6. The molecule has 2 aromatic carbocycles. The number of amides is 1. The summed E-state index contributed by atoms with van der Waals surface area (Å²) in [6.45, 7) is 10.0. The van der Waals surface area contributed by atoms with Crippen molar-refractivity contribution in [1.82, 2.24) is 0 Å². The SMILES string of the molecule is C=CCC(c1ccc2c(c1)OCC(C)(C)C(=O)N2CC)S(=O)(=O)c1ccc(Cl)cc1. The first kappa shape index (κ1) is 22.4.